The van der Waals surface area contributed by atoms with Crippen LogP contribution in [0.3, 0.4) is 0 Å². The highest BCUT2D eigenvalue weighted by Crippen LogP contribution is 2.28. The molecule has 1 atom stereocenters. The van der Waals surface area contributed by atoms with E-state index in [4.69, 9.17) is 15.0 Å². The molecule has 0 radical (unpaired) electrons. The molecule has 0 amide bonds. The Morgan fingerprint density at radius 1 is 0.769 bits per heavy atom. The molecular formula is C35H32N4. The van der Waals surface area contributed by atoms with Crippen LogP contribution in [0.2, 0.25) is 0 Å². The highest BCUT2D eigenvalue weighted by molar-refractivity contribution is 6.16. The first-order chi connectivity index (χ1) is 19.1. The fraction of sp³-hybridized carbons (Fsp3) is 0.171. The van der Waals surface area contributed by atoms with Gasteiger partial charge in [0.1, 0.15) is 11.7 Å². The Morgan fingerprint density at radius 3 is 2.26 bits per heavy atom. The van der Waals surface area contributed by atoms with Gasteiger partial charge in [0.05, 0.1) is 5.70 Å². The maximum Gasteiger partial charge on any atom is 0.169 e. The molecule has 4 heteroatoms. The third-order valence-electron chi connectivity index (χ3n) is 7.32. The van der Waals surface area contributed by atoms with Crippen LogP contribution < -0.4 is 5.32 Å². The number of benzene rings is 4. The van der Waals surface area contributed by atoms with Crippen molar-refractivity contribution in [1.29, 1.82) is 0 Å². The van der Waals surface area contributed by atoms with E-state index < -0.39 is 0 Å². The second-order valence-electron chi connectivity index (χ2n) is 10.2. The first kappa shape index (κ1) is 24.7. The minimum absolute atomic E-state index is 0.347. The summed E-state index contributed by atoms with van der Waals surface area (Å²) in [5.41, 5.74) is 8.92. The Morgan fingerprint density at radius 2 is 1.49 bits per heavy atom. The summed E-state index contributed by atoms with van der Waals surface area (Å²) >= 11 is 0. The van der Waals surface area contributed by atoms with Gasteiger partial charge in [-0.2, -0.15) is 0 Å². The molecule has 0 aromatic heterocycles. The molecule has 39 heavy (non-hydrogen) atoms. The number of aryl methyl sites for hydroxylation is 1. The van der Waals surface area contributed by atoms with Crippen LogP contribution in [0.25, 0.3) is 22.5 Å². The summed E-state index contributed by atoms with van der Waals surface area (Å²) < 4.78 is 0. The van der Waals surface area contributed by atoms with E-state index in [0.717, 1.165) is 52.5 Å². The molecule has 0 spiro atoms. The number of aliphatic imine (C=N–C) groups is 3. The minimum Gasteiger partial charge on any atom is -0.324 e. The average Bonchev–Trinajstić information content (AvgIpc) is 2.98. The van der Waals surface area contributed by atoms with E-state index in [1.165, 1.54) is 27.6 Å². The van der Waals surface area contributed by atoms with E-state index in [0.29, 0.717) is 0 Å². The smallest absolute Gasteiger partial charge is 0.169 e. The van der Waals surface area contributed by atoms with Gasteiger partial charge in [-0.25, -0.2) is 9.98 Å². The standard InChI is InChI=1S/C35H32N4/c1-4-8-28-21-30(14-13-23(28)2)34-37-33(27-18-16-26(17-19-27)32-12-7-9-24(3)36-32)38-35(39-34)31-20-15-25-10-5-6-11-29(25)22-31/h4-6,8,10-22,35H,7,9H2,1-3H3,(H,37,38,39)/b8-4-. The number of hydrogen-bond donors (Lipinski definition) is 1. The Bertz CT molecular complexity index is 1700. The van der Waals surface area contributed by atoms with Crippen molar-refractivity contribution in [3.8, 4) is 0 Å². The zero-order valence-corrected chi connectivity index (χ0v) is 22.6. The lowest BCUT2D eigenvalue weighted by Crippen LogP contribution is -2.36. The molecule has 1 unspecified atom stereocenters. The second kappa shape index (κ2) is 10.7. The largest absolute Gasteiger partial charge is 0.324 e. The molecule has 2 aliphatic rings. The monoisotopic (exact) mass is 508 g/mol. The van der Waals surface area contributed by atoms with E-state index in [2.05, 4.69) is 122 Å². The lowest BCUT2D eigenvalue weighted by molar-refractivity contribution is 0.757. The van der Waals surface area contributed by atoms with E-state index in [1.54, 1.807) is 0 Å². The molecular weight excluding hydrogens is 476 g/mol. The minimum atomic E-state index is -0.347. The molecule has 0 bridgehead atoms. The van der Waals surface area contributed by atoms with Crippen molar-refractivity contribution in [2.75, 3.05) is 0 Å². The van der Waals surface area contributed by atoms with Crippen molar-refractivity contribution >= 4 is 39.9 Å². The molecule has 1 N–H and O–H groups in total. The topological polar surface area (TPSA) is 49.1 Å². The molecule has 2 heterocycles. The average molecular weight is 509 g/mol. The molecule has 4 aromatic rings. The number of nitrogens with one attached hydrogen (secondary N) is 1. The fourth-order valence-electron chi connectivity index (χ4n) is 5.11. The molecule has 0 saturated heterocycles. The third kappa shape index (κ3) is 5.23. The highest BCUT2D eigenvalue weighted by Gasteiger charge is 2.21. The van der Waals surface area contributed by atoms with Crippen LogP contribution in [-0.4, -0.2) is 17.4 Å². The van der Waals surface area contributed by atoms with Crippen molar-refractivity contribution in [2.24, 2.45) is 15.0 Å². The molecule has 192 valence electrons. The van der Waals surface area contributed by atoms with Gasteiger partial charge in [-0.15, -0.1) is 0 Å². The Hall–Kier alpha value is -4.57. The van der Waals surface area contributed by atoms with Crippen LogP contribution in [0.15, 0.2) is 112 Å². The van der Waals surface area contributed by atoms with E-state index in [1.807, 2.05) is 6.92 Å². The Kier molecular flexibility index (Phi) is 6.76. The van der Waals surface area contributed by atoms with Crippen LogP contribution in [0.5, 0.6) is 0 Å². The first-order valence-corrected chi connectivity index (χ1v) is 13.6. The molecule has 0 aliphatic carbocycles. The van der Waals surface area contributed by atoms with Gasteiger partial charge in [0.15, 0.2) is 6.17 Å². The van der Waals surface area contributed by atoms with Gasteiger partial charge in [0, 0.05) is 16.8 Å². The molecule has 6 rings (SSSR count). The van der Waals surface area contributed by atoms with Crippen LogP contribution in [0.1, 0.15) is 66.2 Å². The summed E-state index contributed by atoms with van der Waals surface area (Å²) in [5, 5.41) is 5.95. The van der Waals surface area contributed by atoms with Crippen molar-refractivity contribution in [1.82, 2.24) is 5.32 Å². The quantitative estimate of drug-likeness (QED) is 0.290. The maximum atomic E-state index is 5.10. The SMILES string of the molecule is C/C=C\c1cc(C2=NC(c3ccc4ccccc4c3)N=C(c3ccc(C4=CCCC(C)=N4)cc3)N2)ccc1C. The van der Waals surface area contributed by atoms with Crippen LogP contribution in [0, 0.1) is 6.92 Å². The van der Waals surface area contributed by atoms with Crippen molar-refractivity contribution in [2.45, 2.75) is 39.8 Å². The van der Waals surface area contributed by atoms with Gasteiger partial charge >= 0.3 is 0 Å². The predicted molar refractivity (Wildman–Crippen MR) is 166 cm³/mol. The zero-order valence-electron chi connectivity index (χ0n) is 22.6. The van der Waals surface area contributed by atoms with Crippen molar-refractivity contribution in [3.63, 3.8) is 0 Å². The summed E-state index contributed by atoms with van der Waals surface area (Å²) in [6.07, 6.45) is 8.16. The normalized spacial score (nSPS) is 17.4. The lowest BCUT2D eigenvalue weighted by Gasteiger charge is -2.23. The van der Waals surface area contributed by atoms with Gasteiger partial charge in [0.2, 0.25) is 0 Å². The van der Waals surface area contributed by atoms with Crippen molar-refractivity contribution in [3.05, 3.63) is 130 Å². The zero-order chi connectivity index (χ0) is 26.8. The summed E-state index contributed by atoms with van der Waals surface area (Å²) in [7, 11) is 0. The molecule has 0 fully saturated rings. The number of amidine groups is 2. The molecule has 4 nitrogen and oxygen atoms in total. The number of allylic oxidation sites excluding steroid dienone is 2. The van der Waals surface area contributed by atoms with Crippen LogP contribution in [-0.2, 0) is 0 Å². The number of fused-ring (bicyclic) bond motifs is 1. The summed E-state index contributed by atoms with van der Waals surface area (Å²) in [6.45, 7) is 6.28. The third-order valence-corrected chi connectivity index (χ3v) is 7.32. The van der Waals surface area contributed by atoms with E-state index in [9.17, 15) is 0 Å². The number of rotatable bonds is 5. The summed E-state index contributed by atoms with van der Waals surface area (Å²) in [4.78, 5) is 15.0. The van der Waals surface area contributed by atoms with Gasteiger partial charge in [0.25, 0.3) is 0 Å². The second-order valence-corrected chi connectivity index (χ2v) is 10.2. The fourth-order valence-corrected chi connectivity index (χ4v) is 5.11. The van der Waals surface area contributed by atoms with E-state index >= 15 is 0 Å². The number of hydrogen-bond acceptors (Lipinski definition) is 4. The van der Waals surface area contributed by atoms with Gasteiger partial charge in [-0.1, -0.05) is 91.0 Å². The lowest BCUT2D eigenvalue weighted by atomic mass is 10.0. The number of nitrogens with zero attached hydrogens (tertiary/aromatic N) is 3. The van der Waals surface area contributed by atoms with E-state index in [-0.39, 0.29) is 6.17 Å². The van der Waals surface area contributed by atoms with Gasteiger partial charge in [-0.3, -0.25) is 4.99 Å². The summed E-state index contributed by atoms with van der Waals surface area (Å²) in [5.74, 6) is 1.64. The Labute approximate surface area is 230 Å². The summed E-state index contributed by atoms with van der Waals surface area (Å²) in [6, 6.07) is 29.9. The maximum absolute atomic E-state index is 5.10. The Balaban J connectivity index is 1.40. The van der Waals surface area contributed by atoms with Crippen molar-refractivity contribution < 1.29 is 0 Å². The molecule has 2 aliphatic heterocycles. The van der Waals surface area contributed by atoms with Crippen LogP contribution >= 0.6 is 0 Å². The van der Waals surface area contributed by atoms with Crippen LogP contribution in [0.4, 0.5) is 0 Å². The predicted octanol–water partition coefficient (Wildman–Crippen LogP) is 8.27. The molecule has 4 aromatic carbocycles. The highest BCUT2D eigenvalue weighted by atomic mass is 15.2. The van der Waals surface area contributed by atoms with Gasteiger partial charge < -0.3 is 5.32 Å². The van der Waals surface area contributed by atoms with Gasteiger partial charge in [-0.05, 0) is 78.8 Å². The first-order valence-electron chi connectivity index (χ1n) is 13.6. The molecule has 0 saturated carbocycles.